The molecule has 6 nitrogen and oxygen atoms in total. The Morgan fingerprint density at radius 2 is 1.83 bits per heavy atom. The number of aromatic nitrogens is 1. The average Bonchev–Trinajstić information content (AvgIpc) is 3.04. The van der Waals surface area contributed by atoms with Gasteiger partial charge in [-0.2, -0.15) is 0 Å². The molecule has 4 rings (SSSR count). The molecule has 1 unspecified atom stereocenters. The van der Waals surface area contributed by atoms with E-state index in [0.29, 0.717) is 28.4 Å². The Labute approximate surface area is 169 Å². The van der Waals surface area contributed by atoms with Crippen LogP contribution in [0.25, 0.3) is 16.5 Å². The Kier molecular flexibility index (Phi) is 4.78. The summed E-state index contributed by atoms with van der Waals surface area (Å²) in [4.78, 5) is 17.6. The van der Waals surface area contributed by atoms with Gasteiger partial charge in [0.1, 0.15) is 0 Å². The molecule has 0 spiro atoms. The average molecular weight is 410 g/mol. The topological polar surface area (TPSA) is 88.7 Å². The lowest BCUT2D eigenvalue weighted by Crippen LogP contribution is -2.21. The van der Waals surface area contributed by atoms with Crippen molar-refractivity contribution < 1.29 is 13.5 Å². The van der Waals surface area contributed by atoms with Gasteiger partial charge in [-0.1, -0.05) is 30.3 Å². The number of fused-ring (bicyclic) bond motifs is 1. The number of benzene rings is 2. The Bertz CT molecular complexity index is 1310. The summed E-state index contributed by atoms with van der Waals surface area (Å²) in [7, 11) is -3.05. The molecular formula is C22H22N2O4S. The maximum absolute atomic E-state index is 13.2. The maximum Gasteiger partial charge on any atom is 0.265 e. The molecule has 3 aromatic rings. The van der Waals surface area contributed by atoms with E-state index in [4.69, 9.17) is 0 Å². The van der Waals surface area contributed by atoms with E-state index in [1.165, 1.54) is 10.8 Å². The van der Waals surface area contributed by atoms with Crippen molar-refractivity contribution >= 4 is 26.8 Å². The molecule has 0 aliphatic carbocycles. The molecule has 150 valence electrons. The van der Waals surface area contributed by atoms with Gasteiger partial charge in [0.15, 0.2) is 9.84 Å². The van der Waals surface area contributed by atoms with Crippen molar-refractivity contribution in [2.75, 3.05) is 11.5 Å². The molecule has 0 saturated carbocycles. The van der Waals surface area contributed by atoms with Crippen molar-refractivity contribution in [3.8, 4) is 11.6 Å². The minimum absolute atomic E-state index is 0.0127. The summed E-state index contributed by atoms with van der Waals surface area (Å²) in [5.41, 5.74) is 2.60. The normalized spacial score (nSPS) is 18.6. The molecule has 1 aliphatic heterocycles. The molecule has 0 bridgehead atoms. The van der Waals surface area contributed by atoms with Crippen LogP contribution in [0.2, 0.25) is 0 Å². The second-order valence-electron chi connectivity index (χ2n) is 7.48. The van der Waals surface area contributed by atoms with Gasteiger partial charge >= 0.3 is 0 Å². The fourth-order valence-corrected chi connectivity index (χ4v) is 5.40. The lowest BCUT2D eigenvalue weighted by Gasteiger charge is -2.16. The molecule has 2 aromatic carbocycles. The lowest BCUT2D eigenvalue weighted by molar-refractivity contribution is 0.436. The number of pyridine rings is 1. The van der Waals surface area contributed by atoms with Gasteiger partial charge in [-0.25, -0.2) is 13.0 Å². The molecule has 0 amide bonds. The van der Waals surface area contributed by atoms with Crippen LogP contribution >= 0.6 is 0 Å². The second-order valence-corrected chi connectivity index (χ2v) is 9.71. The van der Waals surface area contributed by atoms with Gasteiger partial charge in [0.2, 0.25) is 5.88 Å². The summed E-state index contributed by atoms with van der Waals surface area (Å²) < 4.78 is 24.7. The highest BCUT2D eigenvalue weighted by atomic mass is 32.2. The highest BCUT2D eigenvalue weighted by Gasteiger charge is 2.27. The zero-order valence-electron chi connectivity index (χ0n) is 16.3. The molecule has 1 aromatic heterocycles. The molecular weight excluding hydrogens is 388 g/mol. The standard InChI is InChI=1S/C22H22N2O4S/c1-14-6-5-9-20(15(14)2)24-21(25)18-8-4-3-7-17(18)19(22(24)26)12-23-16-10-11-29(27,28)13-16/h3-9,12,16,26H,10-11,13H2,1-2H3. The van der Waals surface area contributed by atoms with Crippen LogP contribution < -0.4 is 5.56 Å². The first-order chi connectivity index (χ1) is 13.8. The predicted molar refractivity (Wildman–Crippen MR) is 115 cm³/mol. The summed E-state index contributed by atoms with van der Waals surface area (Å²) in [6, 6.07) is 12.3. The lowest BCUT2D eigenvalue weighted by atomic mass is 10.0. The van der Waals surface area contributed by atoms with Crippen LogP contribution in [-0.2, 0) is 9.84 Å². The molecule has 29 heavy (non-hydrogen) atoms. The Morgan fingerprint density at radius 3 is 2.52 bits per heavy atom. The molecule has 0 radical (unpaired) electrons. The summed E-state index contributed by atoms with van der Waals surface area (Å²) in [5, 5.41) is 12.1. The van der Waals surface area contributed by atoms with Gasteiger partial charge in [0.05, 0.1) is 28.8 Å². The zero-order valence-corrected chi connectivity index (χ0v) is 17.1. The monoisotopic (exact) mass is 410 g/mol. The van der Waals surface area contributed by atoms with E-state index in [9.17, 15) is 18.3 Å². The molecule has 2 heterocycles. The van der Waals surface area contributed by atoms with Crippen LogP contribution in [-0.4, -0.2) is 41.9 Å². The molecule has 1 N–H and O–H groups in total. The third kappa shape index (κ3) is 3.46. The Morgan fingerprint density at radius 1 is 1.10 bits per heavy atom. The van der Waals surface area contributed by atoms with Crippen molar-refractivity contribution in [1.29, 1.82) is 0 Å². The third-order valence-corrected chi connectivity index (χ3v) is 7.29. The fraction of sp³-hybridized carbons (Fsp3) is 0.273. The van der Waals surface area contributed by atoms with E-state index >= 15 is 0 Å². The van der Waals surface area contributed by atoms with Crippen LogP contribution in [0.15, 0.2) is 52.3 Å². The van der Waals surface area contributed by atoms with Crippen LogP contribution in [0.1, 0.15) is 23.1 Å². The highest BCUT2D eigenvalue weighted by molar-refractivity contribution is 7.91. The molecule has 7 heteroatoms. The number of sulfone groups is 1. The van der Waals surface area contributed by atoms with E-state index < -0.39 is 9.84 Å². The fourth-order valence-electron chi connectivity index (χ4n) is 3.76. The molecule has 1 saturated heterocycles. The summed E-state index contributed by atoms with van der Waals surface area (Å²) in [6.07, 6.45) is 1.97. The number of aryl methyl sites for hydroxylation is 1. The van der Waals surface area contributed by atoms with Gasteiger partial charge in [-0.3, -0.25) is 9.79 Å². The quantitative estimate of drug-likeness (QED) is 0.673. The maximum atomic E-state index is 13.2. The van der Waals surface area contributed by atoms with Gasteiger partial charge in [-0.15, -0.1) is 0 Å². The van der Waals surface area contributed by atoms with Crippen molar-refractivity contribution in [3.05, 3.63) is 69.5 Å². The number of hydrogen-bond acceptors (Lipinski definition) is 5. The number of hydrogen-bond donors (Lipinski definition) is 1. The Balaban J connectivity index is 1.95. The van der Waals surface area contributed by atoms with Crippen molar-refractivity contribution in [3.63, 3.8) is 0 Å². The predicted octanol–water partition coefficient (Wildman–Crippen LogP) is 2.92. The van der Waals surface area contributed by atoms with Gasteiger partial charge in [0.25, 0.3) is 5.56 Å². The van der Waals surface area contributed by atoms with Gasteiger partial charge < -0.3 is 5.11 Å². The van der Waals surface area contributed by atoms with Gasteiger partial charge in [-0.05, 0) is 43.5 Å². The van der Waals surface area contributed by atoms with E-state index in [-0.39, 0.29) is 29.0 Å². The van der Waals surface area contributed by atoms with E-state index in [1.54, 1.807) is 30.3 Å². The third-order valence-electron chi connectivity index (χ3n) is 5.54. The van der Waals surface area contributed by atoms with Crippen LogP contribution in [0.3, 0.4) is 0 Å². The number of aromatic hydroxyl groups is 1. The van der Waals surface area contributed by atoms with E-state index in [2.05, 4.69) is 4.99 Å². The minimum atomic E-state index is -3.05. The van der Waals surface area contributed by atoms with Crippen molar-refractivity contribution in [2.45, 2.75) is 26.3 Å². The molecule has 1 fully saturated rings. The van der Waals surface area contributed by atoms with Crippen molar-refractivity contribution in [2.24, 2.45) is 4.99 Å². The van der Waals surface area contributed by atoms with Crippen LogP contribution in [0, 0.1) is 13.8 Å². The Hall–Kier alpha value is -2.93. The van der Waals surface area contributed by atoms with Crippen LogP contribution in [0.5, 0.6) is 5.88 Å². The zero-order chi connectivity index (χ0) is 20.8. The molecule has 1 atom stereocenters. The van der Waals surface area contributed by atoms with E-state index in [1.807, 2.05) is 26.0 Å². The first-order valence-electron chi connectivity index (χ1n) is 9.45. The number of rotatable bonds is 3. The summed E-state index contributed by atoms with van der Waals surface area (Å²) >= 11 is 0. The summed E-state index contributed by atoms with van der Waals surface area (Å²) in [6.45, 7) is 3.85. The highest BCUT2D eigenvalue weighted by Crippen LogP contribution is 2.28. The van der Waals surface area contributed by atoms with E-state index in [0.717, 1.165) is 11.1 Å². The minimum Gasteiger partial charge on any atom is -0.494 e. The van der Waals surface area contributed by atoms with Crippen molar-refractivity contribution in [1.82, 2.24) is 4.57 Å². The number of nitrogens with zero attached hydrogens (tertiary/aromatic N) is 2. The van der Waals surface area contributed by atoms with Gasteiger partial charge in [0, 0.05) is 17.0 Å². The first kappa shape index (κ1) is 19.4. The SMILES string of the molecule is Cc1cccc(-n2c(O)c(C=NC3CCS(=O)(=O)C3)c3ccccc3c2=O)c1C. The second kappa shape index (κ2) is 7.15. The van der Waals surface area contributed by atoms with Crippen LogP contribution in [0.4, 0.5) is 0 Å². The largest absolute Gasteiger partial charge is 0.494 e. The molecule has 1 aliphatic rings. The number of aliphatic imine (C=N–C) groups is 1. The summed E-state index contributed by atoms with van der Waals surface area (Å²) in [5.74, 6) is -0.0604. The first-order valence-corrected chi connectivity index (χ1v) is 11.3. The smallest absolute Gasteiger partial charge is 0.265 e.